The van der Waals surface area contributed by atoms with Gasteiger partial charge in [0, 0.05) is 5.56 Å². The number of carbonyl (C=O) groups is 3. The van der Waals surface area contributed by atoms with Crippen molar-refractivity contribution in [2.75, 3.05) is 0 Å². The molecule has 102 valence electrons. The maximum Gasteiger partial charge on any atom is 0.336 e. The lowest BCUT2D eigenvalue weighted by Crippen LogP contribution is -2.18. The zero-order valence-corrected chi connectivity index (χ0v) is 9.95. The van der Waals surface area contributed by atoms with Crippen molar-refractivity contribution in [3.05, 3.63) is 34.4 Å². The Morgan fingerprint density at radius 2 is 1.47 bits per heavy atom. The lowest BCUT2D eigenvalue weighted by Gasteiger charge is -2.16. The molecule has 0 bridgehead atoms. The summed E-state index contributed by atoms with van der Waals surface area (Å²) >= 11 is 0. The van der Waals surface area contributed by atoms with Crippen LogP contribution in [0.3, 0.4) is 0 Å². The largest absolute Gasteiger partial charge is 0.478 e. The van der Waals surface area contributed by atoms with Gasteiger partial charge in [-0.05, 0) is 18.6 Å². The SMILES string of the molecule is CCC(O)c1c(C(=O)O)ccc(C(=O)O)c1C(=O)O. The molecular weight excluding hydrogens is 256 g/mol. The highest BCUT2D eigenvalue weighted by Gasteiger charge is 2.28. The molecule has 7 heteroatoms. The smallest absolute Gasteiger partial charge is 0.336 e. The highest BCUT2D eigenvalue weighted by Crippen LogP contribution is 2.28. The Balaban J connectivity index is 3.76. The van der Waals surface area contributed by atoms with Gasteiger partial charge in [0.05, 0.1) is 22.8 Å². The summed E-state index contributed by atoms with van der Waals surface area (Å²) in [5, 5.41) is 36.8. The van der Waals surface area contributed by atoms with E-state index in [4.69, 9.17) is 15.3 Å². The summed E-state index contributed by atoms with van der Waals surface area (Å²) in [6.07, 6.45) is -1.31. The van der Waals surface area contributed by atoms with Gasteiger partial charge in [-0.3, -0.25) is 0 Å². The van der Waals surface area contributed by atoms with Gasteiger partial charge in [0.2, 0.25) is 0 Å². The molecule has 1 aromatic rings. The minimum atomic E-state index is -1.59. The molecule has 7 nitrogen and oxygen atoms in total. The Morgan fingerprint density at radius 3 is 1.84 bits per heavy atom. The molecule has 0 heterocycles. The van der Waals surface area contributed by atoms with Crippen LogP contribution < -0.4 is 0 Å². The second-order valence-electron chi connectivity index (χ2n) is 3.79. The number of aromatic carboxylic acids is 3. The summed E-state index contributed by atoms with van der Waals surface area (Å²) < 4.78 is 0. The molecule has 0 saturated heterocycles. The minimum Gasteiger partial charge on any atom is -0.478 e. The summed E-state index contributed by atoms with van der Waals surface area (Å²) in [6.45, 7) is 1.52. The van der Waals surface area contributed by atoms with Crippen LogP contribution in [0.2, 0.25) is 0 Å². The summed E-state index contributed by atoms with van der Waals surface area (Å²) in [7, 11) is 0. The molecular formula is C12H12O7. The Morgan fingerprint density at radius 1 is 1.00 bits per heavy atom. The van der Waals surface area contributed by atoms with E-state index >= 15 is 0 Å². The van der Waals surface area contributed by atoms with Crippen molar-refractivity contribution in [1.29, 1.82) is 0 Å². The molecule has 0 amide bonds. The van der Waals surface area contributed by atoms with Crippen LogP contribution in [0.25, 0.3) is 0 Å². The summed E-state index contributed by atoms with van der Waals surface area (Å²) in [6, 6.07) is 1.88. The van der Waals surface area contributed by atoms with Crippen molar-refractivity contribution in [2.45, 2.75) is 19.4 Å². The lowest BCUT2D eigenvalue weighted by molar-refractivity contribution is 0.0639. The minimum absolute atomic E-state index is 0.0592. The van der Waals surface area contributed by atoms with Crippen molar-refractivity contribution < 1.29 is 34.8 Å². The van der Waals surface area contributed by atoms with Crippen LogP contribution in [0.15, 0.2) is 12.1 Å². The number of aliphatic hydroxyl groups is 1. The first kappa shape index (κ1) is 14.7. The third kappa shape index (κ3) is 2.71. The van der Waals surface area contributed by atoms with Crippen molar-refractivity contribution in [2.24, 2.45) is 0 Å². The molecule has 1 unspecified atom stereocenters. The molecule has 0 spiro atoms. The average Bonchev–Trinajstić information content (AvgIpc) is 2.35. The van der Waals surface area contributed by atoms with Gasteiger partial charge in [0.25, 0.3) is 0 Å². The van der Waals surface area contributed by atoms with E-state index in [9.17, 15) is 19.5 Å². The number of benzene rings is 1. The second-order valence-corrected chi connectivity index (χ2v) is 3.79. The third-order valence-electron chi connectivity index (χ3n) is 2.64. The number of carboxylic acid groups (broad SMARTS) is 3. The number of carboxylic acids is 3. The Bertz CT molecular complexity index is 547. The van der Waals surface area contributed by atoms with Crippen LogP contribution in [0.1, 0.15) is 56.1 Å². The quantitative estimate of drug-likeness (QED) is 0.631. The third-order valence-corrected chi connectivity index (χ3v) is 2.64. The van der Waals surface area contributed by atoms with Crippen molar-refractivity contribution in [3.8, 4) is 0 Å². The predicted molar refractivity (Wildman–Crippen MR) is 62.6 cm³/mol. The standard InChI is InChI=1S/C12H12O7/c1-2-7(13)8-5(10(14)15)3-4-6(11(16)17)9(8)12(18)19/h3-4,7,13H,2H2,1H3,(H,14,15)(H,16,17)(H,18,19). The summed E-state index contributed by atoms with van der Waals surface area (Å²) in [4.78, 5) is 33.2. The zero-order chi connectivity index (χ0) is 14.7. The first-order chi connectivity index (χ1) is 8.81. The van der Waals surface area contributed by atoms with Gasteiger partial charge >= 0.3 is 17.9 Å². The van der Waals surface area contributed by atoms with Crippen molar-refractivity contribution in [1.82, 2.24) is 0 Å². The first-order valence-electron chi connectivity index (χ1n) is 5.36. The van der Waals surface area contributed by atoms with Crippen LogP contribution in [0.5, 0.6) is 0 Å². The highest BCUT2D eigenvalue weighted by molar-refractivity contribution is 6.05. The van der Waals surface area contributed by atoms with Gasteiger partial charge in [-0.1, -0.05) is 6.92 Å². The Kier molecular flexibility index (Phi) is 4.23. The van der Waals surface area contributed by atoms with E-state index in [0.717, 1.165) is 12.1 Å². The molecule has 0 aliphatic heterocycles. The van der Waals surface area contributed by atoms with E-state index in [2.05, 4.69) is 0 Å². The molecule has 0 fully saturated rings. The Hall–Kier alpha value is -2.41. The molecule has 0 aliphatic rings. The molecule has 0 radical (unpaired) electrons. The molecule has 1 aromatic carbocycles. The van der Waals surface area contributed by atoms with Crippen LogP contribution in [-0.4, -0.2) is 38.3 Å². The van der Waals surface area contributed by atoms with Crippen molar-refractivity contribution >= 4 is 17.9 Å². The molecule has 4 N–H and O–H groups in total. The van der Waals surface area contributed by atoms with Crippen LogP contribution in [0, 0.1) is 0 Å². The van der Waals surface area contributed by atoms with Crippen LogP contribution in [0.4, 0.5) is 0 Å². The van der Waals surface area contributed by atoms with Gasteiger partial charge in [-0.25, -0.2) is 14.4 Å². The van der Waals surface area contributed by atoms with Gasteiger partial charge in [-0.15, -0.1) is 0 Å². The van der Waals surface area contributed by atoms with E-state index < -0.39 is 40.7 Å². The fraction of sp³-hybridized carbons (Fsp3) is 0.250. The zero-order valence-electron chi connectivity index (χ0n) is 9.95. The van der Waals surface area contributed by atoms with E-state index in [-0.39, 0.29) is 12.0 Å². The van der Waals surface area contributed by atoms with Gasteiger partial charge in [0.1, 0.15) is 0 Å². The predicted octanol–water partition coefficient (Wildman–Crippen LogP) is 1.22. The summed E-state index contributed by atoms with van der Waals surface area (Å²) in [5.74, 6) is -4.52. The van der Waals surface area contributed by atoms with Crippen LogP contribution >= 0.6 is 0 Å². The maximum absolute atomic E-state index is 11.2. The summed E-state index contributed by atoms with van der Waals surface area (Å²) in [5.41, 5.74) is -2.05. The van der Waals surface area contributed by atoms with E-state index in [1.165, 1.54) is 6.92 Å². The van der Waals surface area contributed by atoms with E-state index in [1.54, 1.807) is 0 Å². The van der Waals surface area contributed by atoms with Crippen molar-refractivity contribution in [3.63, 3.8) is 0 Å². The number of hydrogen-bond acceptors (Lipinski definition) is 4. The topological polar surface area (TPSA) is 132 Å². The monoisotopic (exact) mass is 268 g/mol. The molecule has 1 rings (SSSR count). The Labute approximate surface area is 107 Å². The van der Waals surface area contributed by atoms with Gasteiger partial charge < -0.3 is 20.4 Å². The number of rotatable bonds is 5. The van der Waals surface area contributed by atoms with E-state index in [0.29, 0.717) is 0 Å². The van der Waals surface area contributed by atoms with E-state index in [1.807, 2.05) is 0 Å². The maximum atomic E-state index is 11.2. The first-order valence-corrected chi connectivity index (χ1v) is 5.36. The fourth-order valence-electron chi connectivity index (χ4n) is 1.76. The number of hydrogen-bond donors (Lipinski definition) is 4. The molecule has 0 aliphatic carbocycles. The average molecular weight is 268 g/mol. The van der Waals surface area contributed by atoms with Gasteiger partial charge in [-0.2, -0.15) is 0 Å². The van der Waals surface area contributed by atoms with Gasteiger partial charge in [0.15, 0.2) is 0 Å². The molecule has 19 heavy (non-hydrogen) atoms. The fourth-order valence-corrected chi connectivity index (χ4v) is 1.76. The highest BCUT2D eigenvalue weighted by atomic mass is 16.4. The molecule has 0 saturated carbocycles. The second kappa shape index (κ2) is 5.49. The normalized spacial score (nSPS) is 11.9. The molecule has 1 atom stereocenters. The lowest BCUT2D eigenvalue weighted by atomic mass is 9.91. The molecule has 0 aromatic heterocycles. The van der Waals surface area contributed by atoms with Crippen LogP contribution in [-0.2, 0) is 0 Å². The number of aliphatic hydroxyl groups excluding tert-OH is 1.